The van der Waals surface area contributed by atoms with Gasteiger partial charge in [-0.15, -0.1) is 31.4 Å². The molecule has 2 aliphatic rings. The van der Waals surface area contributed by atoms with Gasteiger partial charge in [-0.25, -0.2) is 0 Å². The molecule has 2 fully saturated rings. The second kappa shape index (κ2) is 7.96. The maximum atomic E-state index is 11.8. The first kappa shape index (κ1) is 16.8. The zero-order valence-corrected chi connectivity index (χ0v) is 11.7. The minimum absolute atomic E-state index is 0. The topological polar surface area (TPSA) is 32.3 Å². The molecule has 5 heteroatoms. The van der Waals surface area contributed by atoms with E-state index in [1.54, 1.807) is 0 Å². The zero-order valence-electron chi connectivity index (χ0n) is 10.1. The highest BCUT2D eigenvalue weighted by atomic mass is 35.5. The van der Waals surface area contributed by atoms with Gasteiger partial charge in [-0.05, 0) is 37.8 Å². The molecule has 0 aromatic heterocycles. The predicted octanol–water partition coefficient (Wildman–Crippen LogP) is 1.86. The van der Waals surface area contributed by atoms with Gasteiger partial charge in [0.2, 0.25) is 5.91 Å². The normalized spacial score (nSPS) is 26.5. The lowest BCUT2D eigenvalue weighted by atomic mass is 9.88. The Bertz CT molecular complexity index is 261. The third kappa shape index (κ3) is 4.16. The van der Waals surface area contributed by atoms with E-state index in [0.29, 0.717) is 18.2 Å². The molecule has 100 valence electrons. The van der Waals surface area contributed by atoms with Gasteiger partial charge in [0, 0.05) is 19.5 Å². The summed E-state index contributed by atoms with van der Waals surface area (Å²) in [5.41, 5.74) is 0. The van der Waals surface area contributed by atoms with Crippen molar-refractivity contribution in [2.75, 3.05) is 26.2 Å². The van der Waals surface area contributed by atoms with Crippen molar-refractivity contribution in [2.24, 2.45) is 11.8 Å². The van der Waals surface area contributed by atoms with Gasteiger partial charge < -0.3 is 10.2 Å². The highest BCUT2D eigenvalue weighted by molar-refractivity contribution is 5.85. The molecule has 2 atom stereocenters. The van der Waals surface area contributed by atoms with Gasteiger partial charge in [0.1, 0.15) is 0 Å². The summed E-state index contributed by atoms with van der Waals surface area (Å²) in [5.74, 6) is 1.82. The van der Waals surface area contributed by atoms with Gasteiger partial charge in [0.05, 0.1) is 0 Å². The molecule has 0 aliphatic carbocycles. The monoisotopic (exact) mass is 280 g/mol. The summed E-state index contributed by atoms with van der Waals surface area (Å²) >= 11 is 0. The van der Waals surface area contributed by atoms with Crippen molar-refractivity contribution in [1.29, 1.82) is 0 Å². The number of rotatable bonds is 3. The molecule has 1 amide bonds. The summed E-state index contributed by atoms with van der Waals surface area (Å²) in [7, 11) is 0. The number of nitrogens with one attached hydrogen (secondary N) is 1. The van der Waals surface area contributed by atoms with E-state index in [0.717, 1.165) is 38.5 Å². The lowest BCUT2D eigenvalue weighted by Crippen LogP contribution is -2.43. The Morgan fingerprint density at radius 2 is 2.06 bits per heavy atom. The summed E-state index contributed by atoms with van der Waals surface area (Å²) in [4.78, 5) is 13.8. The predicted molar refractivity (Wildman–Crippen MR) is 75.0 cm³/mol. The molecule has 0 aromatic rings. The number of likely N-dealkylation sites (tertiary alicyclic amines) is 1. The largest absolute Gasteiger partial charge is 0.342 e. The number of carbonyl (C=O) groups excluding carboxylic acids is 1. The van der Waals surface area contributed by atoms with Crippen LogP contribution in [0.25, 0.3) is 0 Å². The van der Waals surface area contributed by atoms with Crippen LogP contribution in [0.3, 0.4) is 0 Å². The Kier molecular flexibility index (Phi) is 7.84. The average Bonchev–Trinajstić information content (AvgIpc) is 2.72. The SMILES string of the molecule is C=CCCC(=O)N1CCC2CNCC2C1.Cl.Cl. The molecule has 2 aliphatic heterocycles. The van der Waals surface area contributed by atoms with Crippen LogP contribution in [0.2, 0.25) is 0 Å². The molecule has 2 saturated heterocycles. The highest BCUT2D eigenvalue weighted by Crippen LogP contribution is 2.26. The first-order valence-corrected chi connectivity index (χ1v) is 5.90. The average molecular weight is 281 g/mol. The zero-order chi connectivity index (χ0) is 10.7. The summed E-state index contributed by atoms with van der Waals surface area (Å²) < 4.78 is 0. The third-order valence-electron chi connectivity index (χ3n) is 3.62. The smallest absolute Gasteiger partial charge is 0.222 e. The van der Waals surface area contributed by atoms with Crippen molar-refractivity contribution >= 4 is 30.7 Å². The van der Waals surface area contributed by atoms with E-state index < -0.39 is 0 Å². The number of amides is 1. The number of carbonyl (C=O) groups is 1. The molecule has 17 heavy (non-hydrogen) atoms. The van der Waals surface area contributed by atoms with Gasteiger partial charge in [-0.1, -0.05) is 6.08 Å². The van der Waals surface area contributed by atoms with Crippen LogP contribution in [0.5, 0.6) is 0 Å². The standard InChI is InChI=1S/C12H20N2O.2ClH/c1-2-3-4-12(15)14-6-5-10-7-13-8-11(10)9-14;;/h2,10-11,13H,1,3-9H2;2*1H. The van der Waals surface area contributed by atoms with Crippen LogP contribution in [0.1, 0.15) is 19.3 Å². The molecule has 2 unspecified atom stereocenters. The van der Waals surface area contributed by atoms with Crippen LogP contribution < -0.4 is 5.32 Å². The van der Waals surface area contributed by atoms with Crippen LogP contribution >= 0.6 is 24.8 Å². The Morgan fingerprint density at radius 1 is 1.35 bits per heavy atom. The second-order valence-electron chi connectivity index (χ2n) is 4.63. The molecular formula is C12H22Cl2N2O. The van der Waals surface area contributed by atoms with Gasteiger partial charge in [0.15, 0.2) is 0 Å². The van der Waals surface area contributed by atoms with Gasteiger partial charge in [0.25, 0.3) is 0 Å². The van der Waals surface area contributed by atoms with E-state index >= 15 is 0 Å². The summed E-state index contributed by atoms with van der Waals surface area (Å²) in [6.45, 7) is 7.82. The summed E-state index contributed by atoms with van der Waals surface area (Å²) in [6, 6.07) is 0. The van der Waals surface area contributed by atoms with Crippen LogP contribution in [0.4, 0.5) is 0 Å². The maximum Gasteiger partial charge on any atom is 0.222 e. The summed E-state index contributed by atoms with van der Waals surface area (Å²) in [6.07, 6.45) is 4.44. The van der Waals surface area contributed by atoms with Crippen LogP contribution in [-0.4, -0.2) is 37.0 Å². The van der Waals surface area contributed by atoms with E-state index in [-0.39, 0.29) is 24.8 Å². The molecule has 0 aromatic carbocycles. The molecule has 2 heterocycles. The van der Waals surface area contributed by atoms with Crippen molar-refractivity contribution < 1.29 is 4.79 Å². The van der Waals surface area contributed by atoms with Crippen molar-refractivity contribution in [3.05, 3.63) is 12.7 Å². The highest BCUT2D eigenvalue weighted by Gasteiger charge is 2.33. The number of halogens is 2. The van der Waals surface area contributed by atoms with Crippen LogP contribution in [0.15, 0.2) is 12.7 Å². The Labute approximate surface area is 116 Å². The molecule has 0 saturated carbocycles. The lowest BCUT2D eigenvalue weighted by Gasteiger charge is -2.34. The molecular weight excluding hydrogens is 259 g/mol. The van der Waals surface area contributed by atoms with E-state index in [1.165, 1.54) is 6.42 Å². The first-order valence-electron chi connectivity index (χ1n) is 5.90. The Hall–Kier alpha value is -0.250. The second-order valence-corrected chi connectivity index (χ2v) is 4.63. The minimum Gasteiger partial charge on any atom is -0.342 e. The Balaban J connectivity index is 0.00000128. The maximum absolute atomic E-state index is 11.8. The molecule has 3 nitrogen and oxygen atoms in total. The van der Waals surface area contributed by atoms with Gasteiger partial charge >= 0.3 is 0 Å². The number of hydrogen-bond donors (Lipinski definition) is 1. The summed E-state index contributed by atoms with van der Waals surface area (Å²) in [5, 5.41) is 3.41. The van der Waals surface area contributed by atoms with Crippen LogP contribution in [-0.2, 0) is 4.79 Å². The molecule has 2 rings (SSSR count). The van der Waals surface area contributed by atoms with Crippen molar-refractivity contribution in [2.45, 2.75) is 19.3 Å². The fourth-order valence-electron chi connectivity index (χ4n) is 2.65. The lowest BCUT2D eigenvalue weighted by molar-refractivity contribution is -0.133. The number of nitrogens with zero attached hydrogens (tertiary/aromatic N) is 1. The third-order valence-corrected chi connectivity index (χ3v) is 3.62. The fraction of sp³-hybridized carbons (Fsp3) is 0.750. The van der Waals surface area contributed by atoms with E-state index in [1.807, 2.05) is 11.0 Å². The quantitative estimate of drug-likeness (QED) is 0.801. The van der Waals surface area contributed by atoms with Crippen LogP contribution in [0, 0.1) is 11.8 Å². The van der Waals surface area contributed by atoms with Crippen molar-refractivity contribution in [3.63, 3.8) is 0 Å². The van der Waals surface area contributed by atoms with Gasteiger partial charge in [-0.2, -0.15) is 0 Å². The minimum atomic E-state index is 0. The van der Waals surface area contributed by atoms with E-state index in [2.05, 4.69) is 11.9 Å². The fourth-order valence-corrected chi connectivity index (χ4v) is 2.65. The molecule has 1 N–H and O–H groups in total. The Morgan fingerprint density at radius 3 is 2.76 bits per heavy atom. The van der Waals surface area contributed by atoms with Crippen molar-refractivity contribution in [3.8, 4) is 0 Å². The van der Waals surface area contributed by atoms with Gasteiger partial charge in [-0.3, -0.25) is 4.79 Å². The number of hydrogen-bond acceptors (Lipinski definition) is 2. The molecule has 0 spiro atoms. The van der Waals surface area contributed by atoms with Crippen molar-refractivity contribution in [1.82, 2.24) is 10.2 Å². The van der Waals surface area contributed by atoms with E-state index in [9.17, 15) is 4.79 Å². The number of fused-ring (bicyclic) bond motifs is 1. The van der Waals surface area contributed by atoms with E-state index in [4.69, 9.17) is 0 Å². The first-order chi connectivity index (χ1) is 7.31. The molecule has 0 bridgehead atoms. The number of piperidine rings is 1. The molecule has 0 radical (unpaired) electrons. The number of allylic oxidation sites excluding steroid dienone is 1.